The molecule has 4 N–H and O–H groups in total. The summed E-state index contributed by atoms with van der Waals surface area (Å²) in [7, 11) is 0. The molecule has 0 aromatic carbocycles. The van der Waals surface area contributed by atoms with Gasteiger partial charge < -0.3 is 16.4 Å². The lowest BCUT2D eigenvalue weighted by atomic mass is 9.74. The van der Waals surface area contributed by atoms with Gasteiger partial charge in [-0.3, -0.25) is 9.59 Å². The molecule has 2 amide bonds. The second kappa shape index (κ2) is 6.57. The third-order valence-electron chi connectivity index (χ3n) is 3.94. The maximum absolute atomic E-state index is 12.0. The van der Waals surface area contributed by atoms with E-state index in [9.17, 15) is 9.59 Å². The predicted molar refractivity (Wildman–Crippen MR) is 76.0 cm³/mol. The zero-order valence-electron chi connectivity index (χ0n) is 11.4. The lowest BCUT2D eigenvalue weighted by Crippen LogP contribution is -2.53. The van der Waals surface area contributed by atoms with E-state index >= 15 is 0 Å². The number of carbonyl (C=O) groups excluding carboxylic acids is 2. The maximum atomic E-state index is 12.0. The fraction of sp³-hybridized carbons (Fsp3) is 0.846. The van der Waals surface area contributed by atoms with E-state index < -0.39 is 5.54 Å². The summed E-state index contributed by atoms with van der Waals surface area (Å²) in [5.74, 6) is -0.342. The van der Waals surface area contributed by atoms with E-state index in [0.29, 0.717) is 6.04 Å². The van der Waals surface area contributed by atoms with Gasteiger partial charge in [0.2, 0.25) is 11.8 Å². The normalized spacial score (nSPS) is 30.1. The van der Waals surface area contributed by atoms with Gasteiger partial charge in [0.15, 0.2) is 0 Å². The molecule has 2 saturated carbocycles. The Labute approximate surface area is 120 Å². The minimum Gasteiger partial charge on any atom is -0.352 e. The van der Waals surface area contributed by atoms with Crippen LogP contribution < -0.4 is 16.4 Å². The summed E-state index contributed by atoms with van der Waals surface area (Å²) in [4.78, 5) is 23.5. The molecule has 0 saturated heterocycles. The standard InChI is InChI=1S/C13H23N3O2.ClH/c1-13(14)7-3-2-4-10(13)12(18)15-8-11(17)16-9-5-6-9;/h9-10H,2-8,14H2,1H3,(H,15,18)(H,16,17);1H. The number of hydrogen-bond donors (Lipinski definition) is 3. The van der Waals surface area contributed by atoms with Crippen molar-refractivity contribution in [2.75, 3.05) is 6.54 Å². The predicted octanol–water partition coefficient (Wildman–Crippen LogP) is 0.711. The first-order chi connectivity index (χ1) is 8.49. The molecule has 0 aromatic rings. The van der Waals surface area contributed by atoms with Gasteiger partial charge in [-0.05, 0) is 32.6 Å². The molecule has 2 fully saturated rings. The summed E-state index contributed by atoms with van der Waals surface area (Å²) in [6.45, 7) is 2.00. The van der Waals surface area contributed by atoms with E-state index in [1.807, 2.05) is 6.92 Å². The van der Waals surface area contributed by atoms with Gasteiger partial charge >= 0.3 is 0 Å². The molecule has 2 aliphatic carbocycles. The molecular weight excluding hydrogens is 266 g/mol. The molecule has 19 heavy (non-hydrogen) atoms. The van der Waals surface area contributed by atoms with Crippen molar-refractivity contribution in [2.24, 2.45) is 11.7 Å². The number of hydrogen-bond acceptors (Lipinski definition) is 3. The van der Waals surface area contributed by atoms with Crippen molar-refractivity contribution in [1.29, 1.82) is 0 Å². The lowest BCUT2D eigenvalue weighted by Gasteiger charge is -2.37. The Hall–Kier alpha value is -0.810. The molecule has 0 aromatic heterocycles. The Bertz CT molecular complexity index is 343. The highest BCUT2D eigenvalue weighted by molar-refractivity contribution is 5.86. The lowest BCUT2D eigenvalue weighted by molar-refractivity contribution is -0.131. The van der Waals surface area contributed by atoms with Gasteiger partial charge in [0, 0.05) is 11.6 Å². The summed E-state index contributed by atoms with van der Waals surface area (Å²) >= 11 is 0. The monoisotopic (exact) mass is 289 g/mol. The third kappa shape index (κ3) is 4.66. The Kier molecular flexibility index (Phi) is 5.62. The van der Waals surface area contributed by atoms with Crippen molar-refractivity contribution in [3.8, 4) is 0 Å². The molecule has 0 spiro atoms. The van der Waals surface area contributed by atoms with Crippen LogP contribution in [-0.2, 0) is 9.59 Å². The first-order valence-electron chi connectivity index (χ1n) is 6.85. The van der Waals surface area contributed by atoms with Crippen molar-refractivity contribution >= 4 is 24.2 Å². The van der Waals surface area contributed by atoms with E-state index in [4.69, 9.17) is 5.73 Å². The number of halogens is 1. The van der Waals surface area contributed by atoms with Crippen LogP contribution in [0.3, 0.4) is 0 Å². The molecule has 0 aliphatic heterocycles. The second-order valence-corrected chi connectivity index (χ2v) is 5.86. The summed E-state index contributed by atoms with van der Waals surface area (Å²) in [6.07, 6.45) is 5.94. The summed E-state index contributed by atoms with van der Waals surface area (Å²) < 4.78 is 0. The second-order valence-electron chi connectivity index (χ2n) is 5.86. The largest absolute Gasteiger partial charge is 0.352 e. The quantitative estimate of drug-likeness (QED) is 0.713. The number of nitrogens with two attached hydrogens (primary N) is 1. The fourth-order valence-electron chi connectivity index (χ4n) is 2.59. The van der Waals surface area contributed by atoms with Crippen LogP contribution in [0.4, 0.5) is 0 Å². The highest BCUT2D eigenvalue weighted by atomic mass is 35.5. The van der Waals surface area contributed by atoms with Crippen LogP contribution in [0.15, 0.2) is 0 Å². The molecule has 2 atom stereocenters. The Balaban J connectivity index is 0.00000180. The maximum Gasteiger partial charge on any atom is 0.239 e. The topological polar surface area (TPSA) is 84.2 Å². The van der Waals surface area contributed by atoms with Gasteiger partial charge in [-0.1, -0.05) is 12.8 Å². The zero-order valence-corrected chi connectivity index (χ0v) is 12.2. The van der Waals surface area contributed by atoms with Gasteiger partial charge in [-0.2, -0.15) is 0 Å². The number of nitrogens with one attached hydrogen (secondary N) is 2. The smallest absolute Gasteiger partial charge is 0.239 e. The van der Waals surface area contributed by atoms with Gasteiger partial charge in [0.25, 0.3) is 0 Å². The SMILES string of the molecule is CC1(N)CCCCC1C(=O)NCC(=O)NC1CC1.Cl. The molecular formula is C13H24ClN3O2. The van der Waals surface area contributed by atoms with Crippen LogP contribution in [-0.4, -0.2) is 29.9 Å². The van der Waals surface area contributed by atoms with Crippen molar-refractivity contribution in [3.63, 3.8) is 0 Å². The first-order valence-corrected chi connectivity index (χ1v) is 6.85. The molecule has 2 aliphatic rings. The number of rotatable bonds is 4. The van der Waals surface area contributed by atoms with Gasteiger partial charge in [-0.25, -0.2) is 0 Å². The average molecular weight is 290 g/mol. The minimum absolute atomic E-state index is 0. The molecule has 0 bridgehead atoms. The summed E-state index contributed by atoms with van der Waals surface area (Å²) in [5, 5.41) is 5.56. The van der Waals surface area contributed by atoms with Gasteiger partial charge in [-0.15, -0.1) is 12.4 Å². The van der Waals surface area contributed by atoms with Crippen LogP contribution >= 0.6 is 12.4 Å². The Morgan fingerprint density at radius 1 is 1.26 bits per heavy atom. The summed E-state index contributed by atoms with van der Waals surface area (Å²) in [5.41, 5.74) is 5.72. The Morgan fingerprint density at radius 2 is 1.95 bits per heavy atom. The van der Waals surface area contributed by atoms with Crippen molar-refractivity contribution in [2.45, 2.75) is 57.0 Å². The van der Waals surface area contributed by atoms with Crippen LogP contribution in [0.1, 0.15) is 45.4 Å². The zero-order chi connectivity index (χ0) is 13.2. The molecule has 2 unspecified atom stereocenters. The first kappa shape index (κ1) is 16.2. The number of amides is 2. The highest BCUT2D eigenvalue weighted by Crippen LogP contribution is 2.31. The Morgan fingerprint density at radius 3 is 2.53 bits per heavy atom. The molecule has 0 heterocycles. The summed E-state index contributed by atoms with van der Waals surface area (Å²) in [6, 6.07) is 0.337. The van der Waals surface area contributed by atoms with Crippen LogP contribution in [0.2, 0.25) is 0 Å². The minimum atomic E-state index is -0.435. The van der Waals surface area contributed by atoms with Gasteiger partial charge in [0.05, 0.1) is 12.5 Å². The van der Waals surface area contributed by atoms with E-state index in [1.165, 1.54) is 0 Å². The fourth-order valence-corrected chi connectivity index (χ4v) is 2.59. The van der Waals surface area contributed by atoms with Crippen molar-refractivity contribution < 1.29 is 9.59 Å². The average Bonchev–Trinajstić information content (AvgIpc) is 3.09. The van der Waals surface area contributed by atoms with Crippen molar-refractivity contribution in [1.82, 2.24) is 10.6 Å². The molecule has 110 valence electrons. The van der Waals surface area contributed by atoms with E-state index in [-0.39, 0.29) is 36.7 Å². The van der Waals surface area contributed by atoms with E-state index in [0.717, 1.165) is 38.5 Å². The molecule has 2 rings (SSSR count). The van der Waals surface area contributed by atoms with Crippen LogP contribution in [0.25, 0.3) is 0 Å². The van der Waals surface area contributed by atoms with Crippen molar-refractivity contribution in [3.05, 3.63) is 0 Å². The van der Waals surface area contributed by atoms with Gasteiger partial charge in [0.1, 0.15) is 0 Å². The van der Waals surface area contributed by atoms with Crippen LogP contribution in [0, 0.1) is 5.92 Å². The third-order valence-corrected chi connectivity index (χ3v) is 3.94. The van der Waals surface area contributed by atoms with E-state index in [2.05, 4.69) is 10.6 Å². The molecule has 5 nitrogen and oxygen atoms in total. The van der Waals surface area contributed by atoms with E-state index in [1.54, 1.807) is 0 Å². The molecule has 0 radical (unpaired) electrons. The molecule has 6 heteroatoms. The van der Waals surface area contributed by atoms with Crippen LogP contribution in [0.5, 0.6) is 0 Å². The highest BCUT2D eigenvalue weighted by Gasteiger charge is 2.37. The number of carbonyl (C=O) groups is 2.